The highest BCUT2D eigenvalue weighted by Gasteiger charge is 2.04. The monoisotopic (exact) mass is 230 g/mol. The maximum Gasteiger partial charge on any atom is 0.223 e. The van der Waals surface area contributed by atoms with Crippen LogP contribution in [0.4, 0.5) is 0 Å². The molecule has 0 aromatic carbocycles. The van der Waals surface area contributed by atoms with Crippen LogP contribution >= 0.6 is 0 Å². The van der Waals surface area contributed by atoms with Gasteiger partial charge in [-0.15, -0.1) is 0 Å². The number of pyridine rings is 2. The number of hydrogen-bond acceptors (Lipinski definition) is 3. The molecule has 0 atom stereocenters. The van der Waals surface area contributed by atoms with E-state index in [0.29, 0.717) is 12.2 Å². The van der Waals surface area contributed by atoms with Crippen LogP contribution in [0.5, 0.6) is 5.75 Å². The predicted octanol–water partition coefficient (Wildman–Crippen LogP) is 1.50. The van der Waals surface area contributed by atoms with Gasteiger partial charge in [-0.25, -0.2) is 0 Å². The molecule has 0 unspecified atom stereocenters. The van der Waals surface area contributed by atoms with Crippen LogP contribution in [0.3, 0.4) is 0 Å². The molecule has 4 heteroatoms. The van der Waals surface area contributed by atoms with Gasteiger partial charge in [0.05, 0.1) is 5.69 Å². The number of nitrogens with zero attached hydrogens (tertiary/aromatic N) is 2. The fourth-order valence-electron chi connectivity index (χ4n) is 1.69. The van der Waals surface area contributed by atoms with Gasteiger partial charge in [-0.1, -0.05) is 6.07 Å². The van der Waals surface area contributed by atoms with Crippen molar-refractivity contribution >= 4 is 0 Å². The lowest BCUT2D eigenvalue weighted by Crippen LogP contribution is -2.11. The molecule has 0 aliphatic carbocycles. The SMILES string of the molecule is Cc1c(O)c(=O)ccn1CCc1ccccn1. The van der Waals surface area contributed by atoms with Crippen molar-refractivity contribution in [2.75, 3.05) is 0 Å². The van der Waals surface area contributed by atoms with Gasteiger partial charge >= 0.3 is 0 Å². The summed E-state index contributed by atoms with van der Waals surface area (Å²) in [6, 6.07) is 7.15. The molecular formula is C13H14N2O2. The lowest BCUT2D eigenvalue weighted by Gasteiger charge is -2.10. The Balaban J connectivity index is 2.15. The van der Waals surface area contributed by atoms with Gasteiger partial charge in [0.25, 0.3) is 0 Å². The number of hydrogen-bond donors (Lipinski definition) is 1. The fourth-order valence-corrected chi connectivity index (χ4v) is 1.69. The molecule has 2 aromatic heterocycles. The summed E-state index contributed by atoms with van der Waals surface area (Å²) in [7, 11) is 0. The highest BCUT2D eigenvalue weighted by Crippen LogP contribution is 2.09. The molecule has 0 saturated carbocycles. The smallest absolute Gasteiger partial charge is 0.223 e. The van der Waals surface area contributed by atoms with Gasteiger partial charge in [-0.05, 0) is 19.1 Å². The molecule has 2 aromatic rings. The summed E-state index contributed by atoms with van der Waals surface area (Å²) in [4.78, 5) is 15.4. The normalized spacial score (nSPS) is 10.4. The Bertz CT molecular complexity index is 561. The molecule has 0 aliphatic rings. The van der Waals surface area contributed by atoms with Crippen molar-refractivity contribution in [3.05, 3.63) is 58.3 Å². The van der Waals surface area contributed by atoms with Crippen molar-refractivity contribution in [3.63, 3.8) is 0 Å². The fraction of sp³-hybridized carbons (Fsp3) is 0.231. The molecule has 0 fully saturated rings. The lowest BCUT2D eigenvalue weighted by atomic mass is 10.2. The summed E-state index contributed by atoms with van der Waals surface area (Å²) >= 11 is 0. The van der Waals surface area contributed by atoms with E-state index in [1.807, 2.05) is 22.8 Å². The molecule has 0 aliphatic heterocycles. The minimum atomic E-state index is -0.336. The van der Waals surface area contributed by atoms with Gasteiger partial charge in [-0.3, -0.25) is 9.78 Å². The molecule has 88 valence electrons. The van der Waals surface area contributed by atoms with Gasteiger partial charge in [-0.2, -0.15) is 0 Å². The number of rotatable bonds is 3. The molecule has 0 amide bonds. The maximum atomic E-state index is 11.2. The first-order valence-corrected chi connectivity index (χ1v) is 5.47. The largest absolute Gasteiger partial charge is 0.503 e. The first-order chi connectivity index (χ1) is 8.18. The predicted molar refractivity (Wildman–Crippen MR) is 65.0 cm³/mol. The highest BCUT2D eigenvalue weighted by atomic mass is 16.3. The summed E-state index contributed by atoms with van der Waals surface area (Å²) in [5.41, 5.74) is 1.25. The van der Waals surface area contributed by atoms with Gasteiger partial charge in [0.15, 0.2) is 5.75 Å². The average molecular weight is 230 g/mol. The highest BCUT2D eigenvalue weighted by molar-refractivity contribution is 5.25. The molecule has 0 bridgehead atoms. The zero-order valence-electron chi connectivity index (χ0n) is 9.63. The van der Waals surface area contributed by atoms with E-state index in [1.165, 1.54) is 6.07 Å². The van der Waals surface area contributed by atoms with Crippen molar-refractivity contribution < 1.29 is 5.11 Å². The van der Waals surface area contributed by atoms with Crippen LogP contribution < -0.4 is 5.43 Å². The van der Waals surface area contributed by atoms with Crippen LogP contribution in [0.25, 0.3) is 0 Å². The third kappa shape index (κ3) is 2.53. The van der Waals surface area contributed by atoms with E-state index in [0.717, 1.165) is 12.1 Å². The van der Waals surface area contributed by atoms with Crippen LogP contribution in [0.2, 0.25) is 0 Å². The Labute approximate surface area is 99.2 Å². The Hall–Kier alpha value is -2.10. The maximum absolute atomic E-state index is 11.2. The minimum Gasteiger partial charge on any atom is -0.503 e. The standard InChI is InChI=1S/C13H14N2O2/c1-10-13(17)12(16)6-9-15(10)8-5-11-4-2-3-7-14-11/h2-4,6-7,9,17H,5,8H2,1H3. The van der Waals surface area contributed by atoms with Crippen LogP contribution in [-0.4, -0.2) is 14.7 Å². The third-order valence-corrected chi connectivity index (χ3v) is 2.75. The van der Waals surface area contributed by atoms with Gasteiger partial charge in [0, 0.05) is 37.1 Å². The van der Waals surface area contributed by atoms with Crippen LogP contribution in [0.15, 0.2) is 41.5 Å². The Morgan fingerprint density at radius 3 is 2.88 bits per heavy atom. The van der Waals surface area contributed by atoms with E-state index in [-0.39, 0.29) is 11.2 Å². The van der Waals surface area contributed by atoms with Crippen LogP contribution in [0.1, 0.15) is 11.4 Å². The minimum absolute atomic E-state index is 0.173. The first-order valence-electron chi connectivity index (χ1n) is 5.47. The van der Waals surface area contributed by atoms with E-state index in [4.69, 9.17) is 0 Å². The van der Waals surface area contributed by atoms with E-state index in [1.54, 1.807) is 19.3 Å². The summed E-state index contributed by atoms with van der Waals surface area (Å²) in [6.07, 6.45) is 4.22. The zero-order chi connectivity index (χ0) is 12.3. The summed E-state index contributed by atoms with van der Waals surface area (Å²) in [6.45, 7) is 2.42. The summed E-state index contributed by atoms with van der Waals surface area (Å²) in [5.74, 6) is -0.173. The second-order valence-corrected chi connectivity index (χ2v) is 3.88. The van der Waals surface area contributed by atoms with Gasteiger partial charge in [0.1, 0.15) is 0 Å². The molecular weight excluding hydrogens is 216 g/mol. The number of aromatic hydroxyl groups is 1. The molecule has 1 N–H and O–H groups in total. The van der Waals surface area contributed by atoms with E-state index in [2.05, 4.69) is 4.98 Å². The average Bonchev–Trinajstić information content (AvgIpc) is 2.36. The molecule has 2 heterocycles. The second kappa shape index (κ2) is 4.82. The van der Waals surface area contributed by atoms with Crippen molar-refractivity contribution in [2.45, 2.75) is 19.9 Å². The van der Waals surface area contributed by atoms with Gasteiger partial charge < -0.3 is 9.67 Å². The lowest BCUT2D eigenvalue weighted by molar-refractivity contribution is 0.452. The molecule has 0 spiro atoms. The molecule has 17 heavy (non-hydrogen) atoms. The van der Waals surface area contributed by atoms with Crippen molar-refractivity contribution in [1.29, 1.82) is 0 Å². The van der Waals surface area contributed by atoms with E-state index in [9.17, 15) is 9.90 Å². The Morgan fingerprint density at radius 1 is 1.35 bits per heavy atom. The summed E-state index contributed by atoms with van der Waals surface area (Å²) in [5, 5.41) is 9.54. The zero-order valence-corrected chi connectivity index (χ0v) is 9.63. The van der Waals surface area contributed by atoms with Gasteiger partial charge in [0.2, 0.25) is 5.43 Å². The van der Waals surface area contributed by atoms with Crippen molar-refractivity contribution in [2.24, 2.45) is 0 Å². The van der Waals surface area contributed by atoms with Crippen molar-refractivity contribution in [3.8, 4) is 5.75 Å². The van der Waals surface area contributed by atoms with Crippen LogP contribution in [0, 0.1) is 6.92 Å². The molecule has 2 rings (SSSR count). The molecule has 0 saturated heterocycles. The quantitative estimate of drug-likeness (QED) is 0.869. The van der Waals surface area contributed by atoms with Crippen molar-refractivity contribution in [1.82, 2.24) is 9.55 Å². The van der Waals surface area contributed by atoms with Crippen LogP contribution in [-0.2, 0) is 13.0 Å². The Morgan fingerprint density at radius 2 is 2.18 bits per heavy atom. The Kier molecular flexibility index (Phi) is 3.23. The third-order valence-electron chi connectivity index (χ3n) is 2.75. The second-order valence-electron chi connectivity index (χ2n) is 3.88. The number of aromatic nitrogens is 2. The molecule has 4 nitrogen and oxygen atoms in total. The topological polar surface area (TPSA) is 55.1 Å². The number of aryl methyl sites for hydroxylation is 2. The first kappa shape index (κ1) is 11.4. The van der Waals surface area contributed by atoms with E-state index >= 15 is 0 Å². The molecule has 0 radical (unpaired) electrons. The summed E-state index contributed by atoms with van der Waals surface area (Å²) < 4.78 is 1.85. The van der Waals surface area contributed by atoms with E-state index < -0.39 is 0 Å².